The maximum absolute atomic E-state index is 15.0. The Morgan fingerprint density at radius 2 is 1.69 bits per heavy atom. The Labute approximate surface area is 245 Å². The first-order valence-corrected chi connectivity index (χ1v) is 15.1. The van der Waals surface area contributed by atoms with Gasteiger partial charge in [0.1, 0.15) is 18.0 Å². The summed E-state index contributed by atoms with van der Waals surface area (Å²) in [6.45, 7) is 2.85. The van der Waals surface area contributed by atoms with E-state index < -0.39 is 42.8 Å². The summed E-state index contributed by atoms with van der Waals surface area (Å²) in [4.78, 5) is 44.3. The smallest absolute Gasteiger partial charge is 0.410 e. The summed E-state index contributed by atoms with van der Waals surface area (Å²) in [7, 11) is 0. The second kappa shape index (κ2) is 12.4. The number of benzene rings is 2. The van der Waals surface area contributed by atoms with Crippen LogP contribution in [0.3, 0.4) is 0 Å². The lowest BCUT2D eigenvalue weighted by molar-refractivity contribution is -0.141. The van der Waals surface area contributed by atoms with Gasteiger partial charge in [0.2, 0.25) is 5.91 Å². The van der Waals surface area contributed by atoms with Gasteiger partial charge in [0, 0.05) is 39.1 Å². The molecule has 3 atom stereocenters. The van der Waals surface area contributed by atoms with Crippen molar-refractivity contribution in [1.29, 1.82) is 0 Å². The molecule has 4 aliphatic rings. The van der Waals surface area contributed by atoms with Crippen LogP contribution in [-0.4, -0.2) is 90.7 Å². The topological polar surface area (TPSA) is 82.2 Å². The van der Waals surface area contributed by atoms with E-state index >= 15 is 0 Å². The molecule has 1 N–H and O–H groups in total. The van der Waals surface area contributed by atoms with E-state index in [9.17, 15) is 23.2 Å². The highest BCUT2D eigenvalue weighted by Gasteiger charge is 2.41. The van der Waals surface area contributed by atoms with Crippen LogP contribution in [0.15, 0.2) is 48.5 Å². The number of alkyl halides is 1. The largest absolute Gasteiger partial charge is 0.439 e. The van der Waals surface area contributed by atoms with Crippen LogP contribution in [0, 0.1) is 11.7 Å². The molecule has 0 bridgehead atoms. The Bertz CT molecular complexity index is 1290. The lowest BCUT2D eigenvalue weighted by Gasteiger charge is -2.34. The van der Waals surface area contributed by atoms with Crippen LogP contribution < -0.4 is 5.32 Å². The van der Waals surface area contributed by atoms with Gasteiger partial charge in [0.05, 0.1) is 12.6 Å². The van der Waals surface area contributed by atoms with Crippen molar-refractivity contribution in [2.75, 3.05) is 45.9 Å². The molecule has 3 amide bonds. The van der Waals surface area contributed by atoms with Gasteiger partial charge in [0.25, 0.3) is 5.91 Å². The predicted octanol–water partition coefficient (Wildman–Crippen LogP) is 4.01. The minimum Gasteiger partial charge on any atom is -0.439 e. The van der Waals surface area contributed by atoms with E-state index in [1.807, 2.05) is 36.4 Å². The second-order valence-corrected chi connectivity index (χ2v) is 12.1. The Balaban J connectivity index is 1.08. The van der Waals surface area contributed by atoms with Gasteiger partial charge in [-0.05, 0) is 60.3 Å². The zero-order valence-electron chi connectivity index (χ0n) is 23.7. The number of hydrogen-bond donors (Lipinski definition) is 1. The van der Waals surface area contributed by atoms with E-state index in [4.69, 9.17) is 4.74 Å². The molecule has 0 unspecified atom stereocenters. The zero-order valence-corrected chi connectivity index (χ0v) is 23.7. The van der Waals surface area contributed by atoms with Gasteiger partial charge < -0.3 is 19.9 Å². The third kappa shape index (κ3) is 6.75. The van der Waals surface area contributed by atoms with Crippen molar-refractivity contribution in [1.82, 2.24) is 20.0 Å². The molecule has 0 radical (unpaired) electrons. The Hall–Kier alpha value is -3.53. The van der Waals surface area contributed by atoms with Crippen molar-refractivity contribution in [2.45, 2.75) is 56.3 Å². The molecule has 2 heterocycles. The van der Waals surface area contributed by atoms with Crippen molar-refractivity contribution in [3.05, 3.63) is 71.0 Å². The molecule has 10 heteroatoms. The Morgan fingerprint density at radius 1 is 0.952 bits per heavy atom. The number of halogens is 2. The van der Waals surface area contributed by atoms with E-state index in [-0.39, 0.29) is 24.7 Å². The molecular weight excluding hydrogens is 542 g/mol. The third-order valence-corrected chi connectivity index (χ3v) is 8.83. The molecule has 2 aromatic carbocycles. The quantitative estimate of drug-likeness (QED) is 0.485. The summed E-state index contributed by atoms with van der Waals surface area (Å²) in [5, 5.41) is 2.94. The van der Waals surface area contributed by atoms with Gasteiger partial charge in [-0.1, -0.05) is 42.5 Å². The normalized spacial score (nSPS) is 23.5. The van der Waals surface area contributed by atoms with Gasteiger partial charge in [-0.3, -0.25) is 14.5 Å². The number of piperazine rings is 1. The summed E-state index contributed by atoms with van der Waals surface area (Å²) in [6, 6.07) is 12.4. The summed E-state index contributed by atoms with van der Waals surface area (Å²) < 4.78 is 34.8. The molecule has 4 fully saturated rings. The van der Waals surface area contributed by atoms with E-state index in [1.165, 1.54) is 18.9 Å². The zero-order chi connectivity index (χ0) is 29.2. The number of likely N-dealkylation sites (tertiary alicyclic amines) is 1. The summed E-state index contributed by atoms with van der Waals surface area (Å²) in [5.74, 6) is -0.440. The standard InChI is InChI=1S/C32H38F2N4O4/c33-25-17-28(38(19-25)29(39)20-42-32(41)37-14-12-36(13-15-37)18-21-6-7-21)31(40)35-30(23-4-2-1-3-5-23)24-10-11-26(22-8-9-22)27(34)16-24/h1-5,10-11,16,21-22,25,28,30H,6-9,12-15,17-20H2,(H,35,40)/t25-,28+,30+/m1/s1. The van der Waals surface area contributed by atoms with Crippen molar-refractivity contribution in [3.63, 3.8) is 0 Å². The minimum atomic E-state index is -1.38. The van der Waals surface area contributed by atoms with Crippen molar-refractivity contribution in [3.8, 4) is 0 Å². The first-order valence-electron chi connectivity index (χ1n) is 15.1. The van der Waals surface area contributed by atoms with E-state index in [1.54, 1.807) is 11.0 Å². The summed E-state index contributed by atoms with van der Waals surface area (Å²) in [5.41, 5.74) is 1.98. The van der Waals surface area contributed by atoms with Gasteiger partial charge in [-0.2, -0.15) is 0 Å². The molecule has 2 saturated carbocycles. The first kappa shape index (κ1) is 28.6. The van der Waals surface area contributed by atoms with Crippen LogP contribution >= 0.6 is 0 Å². The molecule has 2 aliphatic heterocycles. The fourth-order valence-corrected chi connectivity index (χ4v) is 6.08. The van der Waals surface area contributed by atoms with Gasteiger partial charge in [-0.25, -0.2) is 13.6 Å². The molecule has 8 nitrogen and oxygen atoms in total. The number of carbonyl (C=O) groups excluding carboxylic acids is 3. The Kier molecular flexibility index (Phi) is 8.42. The molecule has 224 valence electrons. The number of amides is 3. The molecular formula is C32H38F2N4O4. The molecule has 0 aromatic heterocycles. The predicted molar refractivity (Wildman–Crippen MR) is 152 cm³/mol. The van der Waals surface area contributed by atoms with Crippen LogP contribution in [0.4, 0.5) is 13.6 Å². The van der Waals surface area contributed by atoms with Crippen LogP contribution in [0.5, 0.6) is 0 Å². The summed E-state index contributed by atoms with van der Waals surface area (Å²) in [6.07, 6.45) is 2.37. The number of hydrogen-bond acceptors (Lipinski definition) is 5. The number of nitrogens with zero attached hydrogens (tertiary/aromatic N) is 3. The number of carbonyl (C=O) groups is 3. The van der Waals surface area contributed by atoms with Gasteiger partial charge in [-0.15, -0.1) is 0 Å². The monoisotopic (exact) mass is 580 g/mol. The fraction of sp³-hybridized carbons (Fsp3) is 0.531. The fourth-order valence-electron chi connectivity index (χ4n) is 6.08. The minimum absolute atomic E-state index is 0.162. The van der Waals surface area contributed by atoms with Gasteiger partial charge >= 0.3 is 6.09 Å². The van der Waals surface area contributed by atoms with Crippen molar-refractivity contribution in [2.24, 2.45) is 5.92 Å². The van der Waals surface area contributed by atoms with Crippen LogP contribution in [0.1, 0.15) is 60.8 Å². The van der Waals surface area contributed by atoms with Gasteiger partial charge in [0.15, 0.2) is 6.61 Å². The van der Waals surface area contributed by atoms with Crippen LogP contribution in [0.25, 0.3) is 0 Å². The molecule has 6 rings (SSSR count). The van der Waals surface area contributed by atoms with Crippen LogP contribution in [0.2, 0.25) is 0 Å². The van der Waals surface area contributed by atoms with E-state index in [0.29, 0.717) is 24.2 Å². The van der Waals surface area contributed by atoms with Crippen LogP contribution in [-0.2, 0) is 14.3 Å². The molecule has 0 spiro atoms. The molecule has 2 aromatic rings. The average molecular weight is 581 g/mol. The first-order chi connectivity index (χ1) is 20.4. The Morgan fingerprint density at radius 3 is 2.36 bits per heavy atom. The molecule has 42 heavy (non-hydrogen) atoms. The highest BCUT2D eigenvalue weighted by Crippen LogP contribution is 2.42. The average Bonchev–Trinajstić information content (AvgIpc) is 3.94. The second-order valence-electron chi connectivity index (χ2n) is 12.1. The van der Waals surface area contributed by atoms with Crippen molar-refractivity contribution < 1.29 is 27.9 Å². The van der Waals surface area contributed by atoms with E-state index in [2.05, 4.69) is 10.2 Å². The highest BCUT2D eigenvalue weighted by atomic mass is 19.1. The SMILES string of the molecule is O=C(N[C@@H](c1ccccc1)c1ccc(C2CC2)c(F)c1)[C@@H]1C[C@@H](F)CN1C(=O)COC(=O)N1CCN(CC2CC2)CC1. The number of rotatable bonds is 9. The lowest BCUT2D eigenvalue weighted by atomic mass is 9.96. The number of ether oxygens (including phenoxy) is 1. The lowest BCUT2D eigenvalue weighted by Crippen LogP contribution is -2.50. The maximum atomic E-state index is 15.0. The molecule has 2 saturated heterocycles. The molecule has 2 aliphatic carbocycles. The summed E-state index contributed by atoms with van der Waals surface area (Å²) >= 11 is 0. The maximum Gasteiger partial charge on any atom is 0.410 e. The number of nitrogens with one attached hydrogen (secondary N) is 1. The third-order valence-electron chi connectivity index (χ3n) is 8.83. The highest BCUT2D eigenvalue weighted by molar-refractivity contribution is 5.90. The van der Waals surface area contributed by atoms with Crippen molar-refractivity contribution >= 4 is 17.9 Å². The van der Waals surface area contributed by atoms with E-state index in [0.717, 1.165) is 48.9 Å².